The summed E-state index contributed by atoms with van der Waals surface area (Å²) in [5, 5.41) is 3.72. The van der Waals surface area contributed by atoms with E-state index in [0.717, 1.165) is 26.1 Å². The number of hydrogen-bond acceptors (Lipinski definition) is 2. The van der Waals surface area contributed by atoms with Crippen LogP contribution >= 0.6 is 15.9 Å². The van der Waals surface area contributed by atoms with Gasteiger partial charge in [0.25, 0.3) is 0 Å². The average molecular weight is 339 g/mol. The first-order valence-electron chi connectivity index (χ1n) is 7.68. The third-order valence-corrected chi connectivity index (χ3v) is 4.70. The van der Waals surface area contributed by atoms with Crippen LogP contribution in [0.25, 0.3) is 0 Å². The van der Waals surface area contributed by atoms with E-state index in [0.29, 0.717) is 11.5 Å². The van der Waals surface area contributed by atoms with Gasteiger partial charge >= 0.3 is 0 Å². The van der Waals surface area contributed by atoms with Crippen LogP contribution in [0.15, 0.2) is 22.7 Å². The Kier molecular flexibility index (Phi) is 5.14. The molecule has 2 nitrogen and oxygen atoms in total. The molecule has 0 bridgehead atoms. The molecule has 0 aliphatic carbocycles. The normalized spacial score (nSPS) is 20.9. The molecule has 1 aliphatic rings. The van der Waals surface area contributed by atoms with Crippen LogP contribution in [0.5, 0.6) is 0 Å². The molecule has 20 heavy (non-hydrogen) atoms. The summed E-state index contributed by atoms with van der Waals surface area (Å²) in [6, 6.07) is 7.24. The van der Waals surface area contributed by atoms with Crippen LogP contribution in [-0.2, 0) is 6.42 Å². The van der Waals surface area contributed by atoms with Gasteiger partial charge in [-0.25, -0.2) is 0 Å². The minimum absolute atomic E-state index is 0.296. The fourth-order valence-electron chi connectivity index (χ4n) is 2.87. The first-order chi connectivity index (χ1) is 9.41. The second-order valence-corrected chi connectivity index (χ2v) is 7.71. The first kappa shape index (κ1) is 15.8. The highest BCUT2D eigenvalue weighted by atomic mass is 79.9. The Morgan fingerprint density at radius 3 is 2.75 bits per heavy atom. The Morgan fingerprint density at radius 2 is 2.10 bits per heavy atom. The lowest BCUT2D eigenvalue weighted by Crippen LogP contribution is -2.46. The van der Waals surface area contributed by atoms with Gasteiger partial charge in [0.15, 0.2) is 0 Å². The lowest BCUT2D eigenvalue weighted by Gasteiger charge is -2.35. The van der Waals surface area contributed by atoms with Crippen LogP contribution in [-0.4, -0.2) is 25.7 Å². The zero-order valence-corrected chi connectivity index (χ0v) is 14.8. The molecule has 1 aromatic carbocycles. The Morgan fingerprint density at radius 1 is 1.35 bits per heavy atom. The lowest BCUT2D eigenvalue weighted by molar-refractivity contribution is 0.280. The fourth-order valence-corrected chi connectivity index (χ4v) is 3.28. The second-order valence-electron chi connectivity index (χ2n) is 6.80. The molecule has 1 aliphatic heterocycles. The van der Waals surface area contributed by atoms with E-state index in [4.69, 9.17) is 0 Å². The lowest BCUT2D eigenvalue weighted by atomic mass is 9.86. The van der Waals surface area contributed by atoms with Crippen LogP contribution in [0.4, 0.5) is 5.69 Å². The van der Waals surface area contributed by atoms with Crippen molar-refractivity contribution in [2.24, 2.45) is 5.41 Å². The summed E-state index contributed by atoms with van der Waals surface area (Å²) < 4.78 is 1.18. The van der Waals surface area contributed by atoms with E-state index in [9.17, 15) is 0 Å². The molecule has 1 unspecified atom stereocenters. The topological polar surface area (TPSA) is 15.3 Å². The highest BCUT2D eigenvalue weighted by Gasteiger charge is 2.28. The molecule has 0 saturated carbocycles. The molecule has 1 aromatic rings. The van der Waals surface area contributed by atoms with Gasteiger partial charge in [-0.15, -0.1) is 0 Å². The van der Waals surface area contributed by atoms with Gasteiger partial charge in [-0.1, -0.05) is 43.6 Å². The number of nitrogens with zero attached hydrogens (tertiary/aromatic N) is 1. The average Bonchev–Trinajstić information content (AvgIpc) is 2.64. The SMILES string of the molecule is CCc1cc(Br)ccc1N1CCCNC(C(C)(C)C)C1. The van der Waals surface area contributed by atoms with E-state index in [1.54, 1.807) is 0 Å². The molecule has 1 saturated heterocycles. The molecule has 1 heterocycles. The number of halogens is 1. The van der Waals surface area contributed by atoms with Gasteiger partial charge in [0.05, 0.1) is 0 Å². The van der Waals surface area contributed by atoms with Gasteiger partial charge in [-0.2, -0.15) is 0 Å². The number of anilines is 1. The van der Waals surface area contributed by atoms with Gasteiger partial charge < -0.3 is 10.2 Å². The minimum atomic E-state index is 0.296. The van der Waals surface area contributed by atoms with Crippen molar-refractivity contribution in [2.45, 2.75) is 46.6 Å². The Labute approximate surface area is 132 Å². The summed E-state index contributed by atoms with van der Waals surface area (Å²) in [4.78, 5) is 2.57. The Balaban J connectivity index is 2.26. The summed E-state index contributed by atoms with van der Waals surface area (Å²) in [5.74, 6) is 0. The smallest absolute Gasteiger partial charge is 0.0399 e. The summed E-state index contributed by atoms with van der Waals surface area (Å²) >= 11 is 3.59. The van der Waals surface area contributed by atoms with Crippen molar-refractivity contribution in [3.05, 3.63) is 28.2 Å². The monoisotopic (exact) mass is 338 g/mol. The third kappa shape index (κ3) is 3.76. The van der Waals surface area contributed by atoms with Gasteiger partial charge in [-0.3, -0.25) is 0 Å². The molecular formula is C17H27BrN2. The molecule has 0 aromatic heterocycles. The van der Waals surface area contributed by atoms with E-state index in [2.05, 4.69) is 72.0 Å². The van der Waals surface area contributed by atoms with Crippen molar-refractivity contribution < 1.29 is 0 Å². The molecule has 0 radical (unpaired) electrons. The summed E-state index contributed by atoms with van der Waals surface area (Å²) in [5.41, 5.74) is 3.15. The van der Waals surface area contributed by atoms with Gasteiger partial charge in [0.1, 0.15) is 0 Å². The van der Waals surface area contributed by atoms with Crippen LogP contribution in [0.1, 0.15) is 39.7 Å². The van der Waals surface area contributed by atoms with Crippen LogP contribution in [0.2, 0.25) is 0 Å². The molecule has 2 rings (SSSR count). The van der Waals surface area contributed by atoms with Crippen molar-refractivity contribution in [3.8, 4) is 0 Å². The standard InChI is InChI=1S/C17H27BrN2/c1-5-13-11-14(18)7-8-15(13)20-10-6-9-19-16(12-20)17(2,3)4/h7-8,11,16,19H,5-6,9-10,12H2,1-4H3. The fraction of sp³-hybridized carbons (Fsp3) is 0.647. The van der Waals surface area contributed by atoms with Crippen LogP contribution < -0.4 is 10.2 Å². The Bertz CT molecular complexity index is 451. The summed E-state index contributed by atoms with van der Waals surface area (Å²) in [6.45, 7) is 12.6. The summed E-state index contributed by atoms with van der Waals surface area (Å²) in [6.07, 6.45) is 2.30. The maximum absolute atomic E-state index is 3.72. The Hall–Kier alpha value is -0.540. The van der Waals surface area contributed by atoms with Crippen molar-refractivity contribution in [3.63, 3.8) is 0 Å². The predicted molar refractivity (Wildman–Crippen MR) is 91.6 cm³/mol. The van der Waals surface area contributed by atoms with E-state index >= 15 is 0 Å². The van der Waals surface area contributed by atoms with Gasteiger partial charge in [-0.05, 0) is 48.6 Å². The first-order valence-corrected chi connectivity index (χ1v) is 8.48. The highest BCUT2D eigenvalue weighted by molar-refractivity contribution is 9.10. The molecule has 0 spiro atoms. The largest absolute Gasteiger partial charge is 0.370 e. The molecule has 1 N–H and O–H groups in total. The molecule has 1 fully saturated rings. The predicted octanol–water partition coefficient (Wildman–Crippen LogP) is 4.23. The van der Waals surface area contributed by atoms with Gasteiger partial charge in [0, 0.05) is 29.3 Å². The maximum Gasteiger partial charge on any atom is 0.0399 e. The van der Waals surface area contributed by atoms with Gasteiger partial charge in [0.2, 0.25) is 0 Å². The molecule has 3 heteroatoms. The molecule has 0 amide bonds. The number of benzene rings is 1. The number of hydrogen-bond donors (Lipinski definition) is 1. The van der Waals surface area contributed by atoms with E-state index in [1.165, 1.54) is 22.1 Å². The molecule has 1 atom stereocenters. The summed E-state index contributed by atoms with van der Waals surface area (Å²) in [7, 11) is 0. The zero-order valence-electron chi connectivity index (χ0n) is 13.2. The van der Waals surface area contributed by atoms with E-state index in [1.807, 2.05) is 0 Å². The number of nitrogens with one attached hydrogen (secondary N) is 1. The van der Waals surface area contributed by atoms with Crippen molar-refractivity contribution in [1.29, 1.82) is 0 Å². The van der Waals surface area contributed by atoms with Crippen LogP contribution in [0.3, 0.4) is 0 Å². The quantitative estimate of drug-likeness (QED) is 0.868. The zero-order chi connectivity index (χ0) is 14.8. The number of rotatable bonds is 2. The van der Waals surface area contributed by atoms with Crippen LogP contribution in [0, 0.1) is 5.41 Å². The van der Waals surface area contributed by atoms with E-state index < -0.39 is 0 Å². The van der Waals surface area contributed by atoms with Crippen molar-refractivity contribution in [2.75, 3.05) is 24.5 Å². The third-order valence-electron chi connectivity index (χ3n) is 4.21. The van der Waals surface area contributed by atoms with Crippen molar-refractivity contribution in [1.82, 2.24) is 5.32 Å². The van der Waals surface area contributed by atoms with Crippen molar-refractivity contribution >= 4 is 21.6 Å². The second kappa shape index (κ2) is 6.48. The maximum atomic E-state index is 3.72. The van der Waals surface area contributed by atoms with E-state index in [-0.39, 0.29) is 0 Å². The molecular weight excluding hydrogens is 312 g/mol. The minimum Gasteiger partial charge on any atom is -0.370 e. The molecule has 112 valence electrons. The highest BCUT2D eigenvalue weighted by Crippen LogP contribution is 2.29. The number of aryl methyl sites for hydroxylation is 1.